The molecule has 4 N–H and O–H groups in total. The first-order valence-corrected chi connectivity index (χ1v) is 2.67. The summed E-state index contributed by atoms with van der Waals surface area (Å²) in [5.74, 6) is 0.276. The van der Waals surface area contributed by atoms with Gasteiger partial charge in [-0.3, -0.25) is 0 Å². The van der Waals surface area contributed by atoms with Gasteiger partial charge in [-0.1, -0.05) is 11.6 Å². The maximum atomic E-state index is 5.26. The lowest BCUT2D eigenvalue weighted by atomic mass is 10.5. The molecule has 0 saturated heterocycles. The van der Waals surface area contributed by atoms with E-state index in [0.29, 0.717) is 0 Å². The van der Waals surface area contributed by atoms with Crippen molar-refractivity contribution < 1.29 is 4.74 Å². The first kappa shape index (κ1) is 8.17. The number of methoxy groups -OCH3 is 1. The predicted molar refractivity (Wildman–Crippen MR) is 37.4 cm³/mol. The van der Waals surface area contributed by atoms with Crippen molar-refractivity contribution in [3.8, 4) is 0 Å². The Bertz CT molecular complexity index is 138. The molecular weight excluding hydrogens is 140 g/mol. The number of halogens is 1. The standard InChI is InChI=1S/C5H9ClN2O/c1-9-5(8)3-2-4(6)7/h2-3H,7-8H2,1H3/b4-2-,5-3+. The summed E-state index contributed by atoms with van der Waals surface area (Å²) >= 11 is 5.26. The van der Waals surface area contributed by atoms with Crippen molar-refractivity contribution in [2.75, 3.05) is 7.11 Å². The molecule has 0 spiro atoms. The molecule has 4 heteroatoms. The SMILES string of the molecule is CO/C(N)=C/C=C(\N)Cl. The molecule has 0 aromatic carbocycles. The second-order valence-electron chi connectivity index (χ2n) is 1.32. The van der Waals surface area contributed by atoms with E-state index >= 15 is 0 Å². The maximum Gasteiger partial charge on any atom is 0.183 e. The van der Waals surface area contributed by atoms with Gasteiger partial charge in [0.05, 0.1) is 12.3 Å². The Morgan fingerprint density at radius 1 is 1.44 bits per heavy atom. The van der Waals surface area contributed by atoms with E-state index in [1.54, 1.807) is 0 Å². The van der Waals surface area contributed by atoms with Gasteiger partial charge in [-0.05, 0) is 6.08 Å². The first-order valence-electron chi connectivity index (χ1n) is 2.29. The van der Waals surface area contributed by atoms with Crippen molar-refractivity contribution >= 4 is 11.6 Å². The van der Waals surface area contributed by atoms with E-state index in [4.69, 9.17) is 23.1 Å². The molecule has 0 unspecified atom stereocenters. The predicted octanol–water partition coefficient (Wildman–Crippen LogP) is 0.472. The van der Waals surface area contributed by atoms with Gasteiger partial charge in [0.25, 0.3) is 0 Å². The molecule has 0 aromatic heterocycles. The van der Waals surface area contributed by atoms with E-state index in [9.17, 15) is 0 Å². The van der Waals surface area contributed by atoms with E-state index in [1.807, 2.05) is 0 Å². The largest absolute Gasteiger partial charge is 0.483 e. The number of ether oxygens (including phenoxy) is 1. The van der Waals surface area contributed by atoms with Crippen LogP contribution in [0.25, 0.3) is 0 Å². The summed E-state index contributed by atoms with van der Waals surface area (Å²) in [4.78, 5) is 0. The summed E-state index contributed by atoms with van der Waals surface area (Å²) in [5.41, 5.74) is 10.3. The minimum absolute atomic E-state index is 0.176. The van der Waals surface area contributed by atoms with Gasteiger partial charge in [0.1, 0.15) is 0 Å². The molecular formula is C5H9ClN2O. The quantitative estimate of drug-likeness (QED) is 0.340. The minimum atomic E-state index is 0.176. The summed E-state index contributed by atoms with van der Waals surface area (Å²) in [6.07, 6.45) is 2.92. The molecule has 0 aliphatic rings. The average molecular weight is 149 g/mol. The van der Waals surface area contributed by atoms with Crippen LogP contribution in [-0.4, -0.2) is 7.11 Å². The molecule has 0 heterocycles. The van der Waals surface area contributed by atoms with Crippen LogP contribution in [0.5, 0.6) is 0 Å². The lowest BCUT2D eigenvalue weighted by Gasteiger charge is -1.93. The van der Waals surface area contributed by atoms with Crippen molar-refractivity contribution in [3.63, 3.8) is 0 Å². The van der Waals surface area contributed by atoms with E-state index in [1.165, 1.54) is 19.3 Å². The lowest BCUT2D eigenvalue weighted by Crippen LogP contribution is -1.98. The molecule has 3 nitrogen and oxygen atoms in total. The number of nitrogens with two attached hydrogens (primary N) is 2. The molecule has 0 aliphatic heterocycles. The number of allylic oxidation sites excluding steroid dienone is 2. The summed E-state index contributed by atoms with van der Waals surface area (Å²) in [6, 6.07) is 0. The summed E-state index contributed by atoms with van der Waals surface area (Å²) in [7, 11) is 1.46. The Hall–Kier alpha value is -0.830. The van der Waals surface area contributed by atoms with Crippen LogP contribution in [0.15, 0.2) is 23.2 Å². The smallest absolute Gasteiger partial charge is 0.183 e. The minimum Gasteiger partial charge on any atom is -0.483 e. The number of hydrogen-bond acceptors (Lipinski definition) is 3. The van der Waals surface area contributed by atoms with Crippen LogP contribution in [0.2, 0.25) is 0 Å². The second-order valence-corrected chi connectivity index (χ2v) is 1.76. The third-order valence-corrected chi connectivity index (χ3v) is 0.769. The van der Waals surface area contributed by atoms with Crippen LogP contribution < -0.4 is 11.5 Å². The molecule has 0 aromatic rings. The van der Waals surface area contributed by atoms with E-state index in [2.05, 4.69) is 4.74 Å². The van der Waals surface area contributed by atoms with Gasteiger partial charge in [-0.15, -0.1) is 0 Å². The van der Waals surface area contributed by atoms with Crippen LogP contribution in [0.3, 0.4) is 0 Å². The topological polar surface area (TPSA) is 61.3 Å². The Kier molecular flexibility index (Phi) is 3.71. The molecule has 9 heavy (non-hydrogen) atoms. The zero-order valence-corrected chi connectivity index (χ0v) is 5.85. The van der Waals surface area contributed by atoms with Crippen LogP contribution in [0.4, 0.5) is 0 Å². The van der Waals surface area contributed by atoms with Crippen molar-refractivity contribution in [3.05, 3.63) is 23.2 Å². The van der Waals surface area contributed by atoms with Gasteiger partial charge < -0.3 is 16.2 Å². The fourth-order valence-electron chi connectivity index (χ4n) is 0.230. The monoisotopic (exact) mass is 148 g/mol. The van der Waals surface area contributed by atoms with E-state index in [0.717, 1.165) is 0 Å². The molecule has 0 radical (unpaired) electrons. The van der Waals surface area contributed by atoms with Crippen molar-refractivity contribution in [2.24, 2.45) is 11.5 Å². The van der Waals surface area contributed by atoms with Gasteiger partial charge in [0.15, 0.2) is 5.88 Å². The third kappa shape index (κ3) is 5.03. The average Bonchev–Trinajstić information content (AvgIpc) is 1.83. The highest BCUT2D eigenvalue weighted by Crippen LogP contribution is 1.92. The molecule has 0 saturated carbocycles. The van der Waals surface area contributed by atoms with Gasteiger partial charge >= 0.3 is 0 Å². The molecule has 0 rings (SSSR count). The van der Waals surface area contributed by atoms with E-state index in [-0.39, 0.29) is 11.0 Å². The molecule has 52 valence electrons. The van der Waals surface area contributed by atoms with Gasteiger partial charge in [0, 0.05) is 6.08 Å². The van der Waals surface area contributed by atoms with Crippen LogP contribution in [-0.2, 0) is 4.74 Å². The Labute approximate surface area is 58.9 Å². The van der Waals surface area contributed by atoms with Crippen molar-refractivity contribution in [1.29, 1.82) is 0 Å². The Morgan fingerprint density at radius 2 is 2.00 bits per heavy atom. The molecule has 0 atom stereocenters. The highest BCUT2D eigenvalue weighted by atomic mass is 35.5. The molecule has 0 amide bonds. The van der Waals surface area contributed by atoms with E-state index < -0.39 is 0 Å². The second kappa shape index (κ2) is 4.09. The maximum absolute atomic E-state index is 5.26. The van der Waals surface area contributed by atoms with Crippen molar-refractivity contribution in [2.45, 2.75) is 0 Å². The summed E-state index contributed by atoms with van der Waals surface area (Å²) in [6.45, 7) is 0. The van der Waals surface area contributed by atoms with Gasteiger partial charge in [0.2, 0.25) is 0 Å². The number of hydrogen-bond donors (Lipinski definition) is 2. The highest BCUT2D eigenvalue weighted by Gasteiger charge is 1.80. The third-order valence-electron chi connectivity index (χ3n) is 0.643. The van der Waals surface area contributed by atoms with Crippen molar-refractivity contribution in [1.82, 2.24) is 0 Å². The highest BCUT2D eigenvalue weighted by molar-refractivity contribution is 6.29. The summed E-state index contributed by atoms with van der Waals surface area (Å²) in [5, 5.41) is 0.176. The lowest BCUT2D eigenvalue weighted by molar-refractivity contribution is 0.287. The molecule has 0 fully saturated rings. The Balaban J connectivity index is 3.83. The molecule has 0 aliphatic carbocycles. The normalized spacial score (nSPS) is 13.6. The fraction of sp³-hybridized carbons (Fsp3) is 0.200. The number of rotatable bonds is 2. The van der Waals surface area contributed by atoms with Crippen LogP contribution in [0.1, 0.15) is 0 Å². The molecule has 0 bridgehead atoms. The van der Waals surface area contributed by atoms with Gasteiger partial charge in [-0.2, -0.15) is 0 Å². The van der Waals surface area contributed by atoms with Gasteiger partial charge in [-0.25, -0.2) is 0 Å². The summed E-state index contributed by atoms with van der Waals surface area (Å²) < 4.78 is 4.58. The Morgan fingerprint density at radius 3 is 2.33 bits per heavy atom. The van der Waals surface area contributed by atoms with Crippen LogP contribution in [0, 0.1) is 0 Å². The van der Waals surface area contributed by atoms with Crippen LogP contribution >= 0.6 is 11.6 Å². The first-order chi connectivity index (χ1) is 4.16. The fourth-order valence-corrected chi connectivity index (χ4v) is 0.293. The zero-order chi connectivity index (χ0) is 7.28. The zero-order valence-electron chi connectivity index (χ0n) is 5.10.